The van der Waals surface area contributed by atoms with Crippen molar-refractivity contribution in [3.05, 3.63) is 58.9 Å². The van der Waals surface area contributed by atoms with Gasteiger partial charge in [0.05, 0.1) is 11.7 Å². The maximum atomic E-state index is 11.9. The Balaban J connectivity index is 1.98. The SMILES string of the molecule is Cc1ccccc1C(O)CNC(=O)c1cc[nH]c1C. The zero-order valence-electron chi connectivity index (χ0n) is 11.1. The van der Waals surface area contributed by atoms with Gasteiger partial charge in [-0.25, -0.2) is 0 Å². The van der Waals surface area contributed by atoms with Crippen molar-refractivity contribution in [2.45, 2.75) is 20.0 Å². The van der Waals surface area contributed by atoms with Gasteiger partial charge in [-0.15, -0.1) is 0 Å². The predicted molar refractivity (Wildman–Crippen MR) is 74.0 cm³/mol. The Labute approximate surface area is 112 Å². The van der Waals surface area contributed by atoms with E-state index < -0.39 is 6.10 Å². The van der Waals surface area contributed by atoms with Gasteiger partial charge in [0.25, 0.3) is 5.91 Å². The van der Waals surface area contributed by atoms with Gasteiger partial charge < -0.3 is 15.4 Å². The summed E-state index contributed by atoms with van der Waals surface area (Å²) >= 11 is 0. The van der Waals surface area contributed by atoms with Crippen molar-refractivity contribution in [1.29, 1.82) is 0 Å². The van der Waals surface area contributed by atoms with Crippen LogP contribution in [-0.4, -0.2) is 22.5 Å². The molecule has 1 heterocycles. The lowest BCUT2D eigenvalue weighted by Gasteiger charge is -2.14. The lowest BCUT2D eigenvalue weighted by atomic mass is 10.0. The van der Waals surface area contributed by atoms with Gasteiger partial charge in [0.1, 0.15) is 0 Å². The first kappa shape index (κ1) is 13.4. The summed E-state index contributed by atoms with van der Waals surface area (Å²) in [5.74, 6) is -0.175. The molecule has 2 aromatic rings. The third-order valence-electron chi connectivity index (χ3n) is 3.20. The number of aliphatic hydroxyl groups excluding tert-OH is 1. The number of hydrogen-bond donors (Lipinski definition) is 3. The highest BCUT2D eigenvalue weighted by Gasteiger charge is 2.13. The summed E-state index contributed by atoms with van der Waals surface area (Å²) in [7, 11) is 0. The molecule has 0 fully saturated rings. The number of carbonyl (C=O) groups is 1. The van der Waals surface area contributed by atoms with Gasteiger partial charge in [0, 0.05) is 18.4 Å². The minimum Gasteiger partial charge on any atom is -0.387 e. The second-order valence-corrected chi connectivity index (χ2v) is 4.60. The van der Waals surface area contributed by atoms with Crippen molar-refractivity contribution < 1.29 is 9.90 Å². The van der Waals surface area contributed by atoms with E-state index in [0.29, 0.717) is 5.56 Å². The number of amides is 1. The standard InChI is InChI=1S/C15H18N2O2/c1-10-5-3-4-6-12(10)14(18)9-17-15(19)13-7-8-16-11(13)2/h3-8,14,16,18H,9H2,1-2H3,(H,17,19). The quantitative estimate of drug-likeness (QED) is 0.786. The molecule has 4 heteroatoms. The largest absolute Gasteiger partial charge is 0.387 e. The molecule has 4 nitrogen and oxygen atoms in total. The number of benzene rings is 1. The number of hydrogen-bond acceptors (Lipinski definition) is 2. The molecule has 1 unspecified atom stereocenters. The fraction of sp³-hybridized carbons (Fsp3) is 0.267. The Morgan fingerprint density at radius 2 is 2.05 bits per heavy atom. The van der Waals surface area contributed by atoms with E-state index in [0.717, 1.165) is 16.8 Å². The highest BCUT2D eigenvalue weighted by molar-refractivity contribution is 5.95. The number of aromatic amines is 1. The van der Waals surface area contributed by atoms with Gasteiger partial charge in [-0.1, -0.05) is 24.3 Å². The summed E-state index contributed by atoms with van der Waals surface area (Å²) in [4.78, 5) is 14.9. The number of nitrogens with one attached hydrogen (secondary N) is 2. The second kappa shape index (κ2) is 5.71. The molecule has 1 atom stereocenters. The van der Waals surface area contributed by atoms with E-state index in [2.05, 4.69) is 10.3 Å². The highest BCUT2D eigenvalue weighted by atomic mass is 16.3. The third-order valence-corrected chi connectivity index (χ3v) is 3.20. The molecule has 0 aliphatic heterocycles. The molecular formula is C15H18N2O2. The van der Waals surface area contributed by atoms with E-state index in [9.17, 15) is 9.90 Å². The molecule has 2 rings (SSSR count). The predicted octanol–water partition coefficient (Wildman–Crippen LogP) is 2.09. The summed E-state index contributed by atoms with van der Waals surface area (Å²) in [6.07, 6.45) is 1.03. The molecule has 100 valence electrons. The first-order valence-electron chi connectivity index (χ1n) is 6.25. The van der Waals surface area contributed by atoms with Crippen LogP contribution in [0.1, 0.15) is 33.3 Å². The Bertz CT molecular complexity index is 575. The third kappa shape index (κ3) is 3.03. The molecular weight excluding hydrogens is 240 g/mol. The minimum atomic E-state index is -0.690. The number of aromatic nitrogens is 1. The summed E-state index contributed by atoms with van der Waals surface area (Å²) in [6, 6.07) is 9.34. The molecule has 0 aliphatic carbocycles. The van der Waals surface area contributed by atoms with E-state index in [4.69, 9.17) is 0 Å². The van der Waals surface area contributed by atoms with E-state index in [-0.39, 0.29) is 12.5 Å². The molecule has 1 aromatic carbocycles. The van der Waals surface area contributed by atoms with Gasteiger partial charge in [0.2, 0.25) is 0 Å². The molecule has 1 aromatic heterocycles. The van der Waals surface area contributed by atoms with Gasteiger partial charge >= 0.3 is 0 Å². The van der Waals surface area contributed by atoms with Crippen LogP contribution in [0, 0.1) is 13.8 Å². The van der Waals surface area contributed by atoms with E-state index >= 15 is 0 Å². The van der Waals surface area contributed by atoms with Crippen LogP contribution in [0.3, 0.4) is 0 Å². The van der Waals surface area contributed by atoms with Crippen molar-refractivity contribution >= 4 is 5.91 Å². The van der Waals surface area contributed by atoms with Gasteiger partial charge in [0.15, 0.2) is 0 Å². The Hall–Kier alpha value is -2.07. The zero-order valence-corrected chi connectivity index (χ0v) is 11.1. The number of rotatable bonds is 4. The number of aliphatic hydroxyl groups is 1. The smallest absolute Gasteiger partial charge is 0.253 e. The van der Waals surface area contributed by atoms with Crippen molar-refractivity contribution in [3.8, 4) is 0 Å². The lowest BCUT2D eigenvalue weighted by Crippen LogP contribution is -2.28. The molecule has 0 bridgehead atoms. The number of aryl methyl sites for hydroxylation is 2. The average molecular weight is 258 g/mol. The van der Waals surface area contributed by atoms with Crippen molar-refractivity contribution in [2.24, 2.45) is 0 Å². The minimum absolute atomic E-state index is 0.175. The van der Waals surface area contributed by atoms with Gasteiger partial charge in [-0.2, -0.15) is 0 Å². The Kier molecular flexibility index (Phi) is 4.02. The van der Waals surface area contributed by atoms with Crippen LogP contribution in [-0.2, 0) is 0 Å². The van der Waals surface area contributed by atoms with Gasteiger partial charge in [-0.05, 0) is 31.0 Å². The van der Waals surface area contributed by atoms with Crippen LogP contribution < -0.4 is 5.32 Å². The lowest BCUT2D eigenvalue weighted by molar-refractivity contribution is 0.0915. The van der Waals surface area contributed by atoms with Crippen molar-refractivity contribution in [3.63, 3.8) is 0 Å². The van der Waals surface area contributed by atoms with E-state index in [1.807, 2.05) is 38.1 Å². The fourth-order valence-corrected chi connectivity index (χ4v) is 2.05. The van der Waals surface area contributed by atoms with Crippen LogP contribution in [0.25, 0.3) is 0 Å². The van der Waals surface area contributed by atoms with Crippen molar-refractivity contribution in [2.75, 3.05) is 6.54 Å². The normalized spacial score (nSPS) is 12.2. The van der Waals surface area contributed by atoms with Crippen LogP contribution in [0.4, 0.5) is 0 Å². The maximum absolute atomic E-state index is 11.9. The van der Waals surface area contributed by atoms with Crippen LogP contribution >= 0.6 is 0 Å². The van der Waals surface area contributed by atoms with Crippen LogP contribution in [0.2, 0.25) is 0 Å². The Morgan fingerprint density at radius 3 is 2.68 bits per heavy atom. The number of H-pyrrole nitrogens is 1. The Morgan fingerprint density at radius 1 is 1.32 bits per heavy atom. The van der Waals surface area contributed by atoms with Crippen LogP contribution in [0.15, 0.2) is 36.5 Å². The first-order valence-corrected chi connectivity index (χ1v) is 6.25. The van der Waals surface area contributed by atoms with Crippen molar-refractivity contribution in [1.82, 2.24) is 10.3 Å². The second-order valence-electron chi connectivity index (χ2n) is 4.60. The monoisotopic (exact) mass is 258 g/mol. The maximum Gasteiger partial charge on any atom is 0.253 e. The topological polar surface area (TPSA) is 65.1 Å². The molecule has 19 heavy (non-hydrogen) atoms. The van der Waals surface area contributed by atoms with E-state index in [1.165, 1.54) is 0 Å². The summed E-state index contributed by atoms with van der Waals surface area (Å²) in [6.45, 7) is 3.98. The van der Waals surface area contributed by atoms with E-state index in [1.54, 1.807) is 12.3 Å². The summed E-state index contributed by atoms with van der Waals surface area (Å²) in [5, 5.41) is 12.8. The van der Waals surface area contributed by atoms with Gasteiger partial charge in [-0.3, -0.25) is 4.79 Å². The number of carbonyl (C=O) groups excluding carboxylic acids is 1. The molecule has 0 spiro atoms. The first-order chi connectivity index (χ1) is 9.09. The molecule has 0 aliphatic rings. The highest BCUT2D eigenvalue weighted by Crippen LogP contribution is 2.16. The summed E-state index contributed by atoms with van der Waals surface area (Å²) in [5.41, 5.74) is 3.29. The molecule has 0 radical (unpaired) electrons. The molecule has 0 saturated carbocycles. The van der Waals surface area contributed by atoms with Crippen LogP contribution in [0.5, 0.6) is 0 Å². The summed E-state index contributed by atoms with van der Waals surface area (Å²) < 4.78 is 0. The average Bonchev–Trinajstić information content (AvgIpc) is 2.82. The fourth-order valence-electron chi connectivity index (χ4n) is 2.05. The molecule has 1 amide bonds. The zero-order chi connectivity index (χ0) is 13.8. The molecule has 0 saturated heterocycles. The molecule has 3 N–H and O–H groups in total.